The molecule has 0 unspecified atom stereocenters. The predicted octanol–water partition coefficient (Wildman–Crippen LogP) is 3.12. The molecule has 1 aliphatic rings. The maximum Gasteiger partial charge on any atom is 0.327 e. The molecular weight excluding hydrogens is 338 g/mol. The van der Waals surface area contributed by atoms with Gasteiger partial charge in [0.2, 0.25) is 10.0 Å². The van der Waals surface area contributed by atoms with E-state index in [1.807, 2.05) is 30.3 Å². The van der Waals surface area contributed by atoms with E-state index in [0.29, 0.717) is 18.4 Å². The Kier molecular flexibility index (Phi) is 4.92. The second-order valence-electron chi connectivity index (χ2n) is 6.25. The Bertz CT molecular complexity index is 856. The molecule has 132 valence electrons. The maximum atomic E-state index is 13.1. The van der Waals surface area contributed by atoms with E-state index in [0.717, 1.165) is 18.4 Å². The highest BCUT2D eigenvalue weighted by Crippen LogP contribution is 2.34. The van der Waals surface area contributed by atoms with Gasteiger partial charge in [-0.25, -0.2) is 8.42 Å². The van der Waals surface area contributed by atoms with Crippen LogP contribution in [0.5, 0.6) is 0 Å². The molecule has 0 spiro atoms. The molecule has 3 rings (SSSR count). The number of esters is 1. The number of sulfonamides is 1. The molecule has 0 aromatic heterocycles. The maximum absolute atomic E-state index is 13.1. The van der Waals surface area contributed by atoms with Gasteiger partial charge in [-0.3, -0.25) is 4.79 Å². The molecule has 25 heavy (non-hydrogen) atoms. The molecule has 0 radical (unpaired) electrons. The zero-order valence-corrected chi connectivity index (χ0v) is 14.9. The molecular formula is C19H21NO4S. The average Bonchev–Trinajstić information content (AvgIpc) is 3.10. The highest BCUT2D eigenvalue weighted by Gasteiger charge is 2.45. The van der Waals surface area contributed by atoms with E-state index in [4.69, 9.17) is 4.74 Å². The van der Waals surface area contributed by atoms with Gasteiger partial charge in [0.1, 0.15) is 5.54 Å². The third kappa shape index (κ3) is 3.45. The lowest BCUT2D eigenvalue weighted by atomic mass is 10.00. The van der Waals surface area contributed by atoms with Gasteiger partial charge in [0, 0.05) is 5.56 Å². The van der Waals surface area contributed by atoms with Crippen molar-refractivity contribution >= 4 is 16.0 Å². The van der Waals surface area contributed by atoms with Crippen LogP contribution in [-0.4, -0.2) is 27.0 Å². The summed E-state index contributed by atoms with van der Waals surface area (Å²) in [5.74, 6) is -0.522. The summed E-state index contributed by atoms with van der Waals surface area (Å²) in [6, 6.07) is 16.1. The van der Waals surface area contributed by atoms with Crippen LogP contribution in [0.3, 0.4) is 0 Å². The summed E-state index contributed by atoms with van der Waals surface area (Å²) in [4.78, 5) is 12.4. The lowest BCUT2D eigenvalue weighted by Crippen LogP contribution is -2.53. The zero-order chi connectivity index (χ0) is 17.9. The molecule has 6 heteroatoms. The summed E-state index contributed by atoms with van der Waals surface area (Å²) in [6.45, 7) is 0. The van der Waals surface area contributed by atoms with Crippen LogP contribution in [0.2, 0.25) is 0 Å². The van der Waals surface area contributed by atoms with Gasteiger partial charge >= 0.3 is 5.97 Å². The number of hydrogen-bond donors (Lipinski definition) is 1. The Hall–Kier alpha value is -2.18. The van der Waals surface area contributed by atoms with Gasteiger partial charge in [-0.2, -0.15) is 4.72 Å². The number of carbonyl (C=O) groups is 1. The minimum atomic E-state index is -3.89. The van der Waals surface area contributed by atoms with E-state index < -0.39 is 21.5 Å². The minimum Gasteiger partial charge on any atom is -0.468 e. The van der Waals surface area contributed by atoms with Gasteiger partial charge in [0.25, 0.3) is 0 Å². The number of carbonyl (C=O) groups excluding carboxylic acids is 1. The quantitative estimate of drug-likeness (QED) is 0.833. The monoisotopic (exact) mass is 359 g/mol. The largest absolute Gasteiger partial charge is 0.468 e. The number of nitrogens with one attached hydrogen (secondary N) is 1. The molecule has 0 aliphatic heterocycles. The summed E-state index contributed by atoms with van der Waals surface area (Å²) in [5, 5.41) is 0. The first-order valence-electron chi connectivity index (χ1n) is 8.25. The van der Waals surface area contributed by atoms with Crippen molar-refractivity contribution in [3.63, 3.8) is 0 Å². The smallest absolute Gasteiger partial charge is 0.327 e. The van der Waals surface area contributed by atoms with E-state index >= 15 is 0 Å². The number of ether oxygens (including phenoxy) is 1. The molecule has 0 saturated heterocycles. The Labute approximate surface area is 148 Å². The summed E-state index contributed by atoms with van der Waals surface area (Å²) >= 11 is 0. The molecule has 0 atom stereocenters. The van der Waals surface area contributed by atoms with Crippen LogP contribution in [-0.2, 0) is 19.6 Å². The van der Waals surface area contributed by atoms with Gasteiger partial charge in [0.05, 0.1) is 12.0 Å². The third-order valence-electron chi connectivity index (χ3n) is 4.62. The van der Waals surface area contributed by atoms with Crippen LogP contribution in [0, 0.1) is 0 Å². The molecule has 0 amide bonds. The van der Waals surface area contributed by atoms with Crippen molar-refractivity contribution in [2.45, 2.75) is 36.1 Å². The SMILES string of the molecule is COC(=O)C1(NS(=O)(=O)c2ccccc2-c2ccccc2)CCCC1. The Morgan fingerprint density at radius 2 is 1.60 bits per heavy atom. The molecule has 0 heterocycles. The summed E-state index contributed by atoms with van der Waals surface area (Å²) < 4.78 is 33.7. The van der Waals surface area contributed by atoms with Gasteiger partial charge in [-0.1, -0.05) is 61.4 Å². The van der Waals surface area contributed by atoms with Crippen molar-refractivity contribution in [2.75, 3.05) is 7.11 Å². The average molecular weight is 359 g/mol. The fraction of sp³-hybridized carbons (Fsp3) is 0.316. The zero-order valence-electron chi connectivity index (χ0n) is 14.1. The molecule has 5 nitrogen and oxygen atoms in total. The lowest BCUT2D eigenvalue weighted by Gasteiger charge is -2.27. The second kappa shape index (κ2) is 6.98. The first kappa shape index (κ1) is 17.6. The molecule has 1 saturated carbocycles. The van der Waals surface area contributed by atoms with Crippen LogP contribution in [0.25, 0.3) is 11.1 Å². The van der Waals surface area contributed by atoms with Crippen molar-refractivity contribution in [2.24, 2.45) is 0 Å². The Morgan fingerprint density at radius 1 is 1.00 bits per heavy atom. The number of hydrogen-bond acceptors (Lipinski definition) is 4. The Morgan fingerprint density at radius 3 is 2.24 bits per heavy atom. The highest BCUT2D eigenvalue weighted by molar-refractivity contribution is 7.89. The molecule has 1 fully saturated rings. The van der Waals surface area contributed by atoms with Crippen molar-refractivity contribution < 1.29 is 17.9 Å². The molecule has 1 N–H and O–H groups in total. The van der Waals surface area contributed by atoms with Crippen LogP contribution in [0.1, 0.15) is 25.7 Å². The second-order valence-corrected chi connectivity index (χ2v) is 7.90. The van der Waals surface area contributed by atoms with E-state index in [-0.39, 0.29) is 4.90 Å². The first-order valence-corrected chi connectivity index (χ1v) is 9.74. The molecule has 0 bridgehead atoms. The lowest BCUT2D eigenvalue weighted by molar-refractivity contribution is -0.147. The Balaban J connectivity index is 2.03. The van der Waals surface area contributed by atoms with E-state index in [1.54, 1.807) is 24.3 Å². The summed E-state index contributed by atoms with van der Waals surface area (Å²) in [7, 11) is -2.60. The fourth-order valence-corrected chi connectivity index (χ4v) is 5.04. The fourth-order valence-electron chi connectivity index (χ4n) is 3.39. The van der Waals surface area contributed by atoms with Gasteiger partial charge in [0.15, 0.2) is 0 Å². The van der Waals surface area contributed by atoms with E-state index in [2.05, 4.69) is 4.72 Å². The normalized spacial score (nSPS) is 16.5. The minimum absolute atomic E-state index is 0.163. The topological polar surface area (TPSA) is 72.5 Å². The van der Waals surface area contributed by atoms with Crippen molar-refractivity contribution in [1.82, 2.24) is 4.72 Å². The van der Waals surface area contributed by atoms with Crippen LogP contribution in [0.4, 0.5) is 0 Å². The number of benzene rings is 2. The van der Waals surface area contributed by atoms with Crippen molar-refractivity contribution in [3.05, 3.63) is 54.6 Å². The molecule has 2 aromatic carbocycles. The van der Waals surface area contributed by atoms with Crippen molar-refractivity contribution in [3.8, 4) is 11.1 Å². The summed E-state index contributed by atoms with van der Waals surface area (Å²) in [5.41, 5.74) is 0.243. The predicted molar refractivity (Wildman–Crippen MR) is 95.4 cm³/mol. The summed E-state index contributed by atoms with van der Waals surface area (Å²) in [6.07, 6.45) is 2.48. The van der Waals surface area contributed by atoms with E-state index in [9.17, 15) is 13.2 Å². The van der Waals surface area contributed by atoms with Gasteiger partial charge in [-0.05, 0) is 24.5 Å². The first-order chi connectivity index (χ1) is 12.0. The number of methoxy groups -OCH3 is 1. The third-order valence-corrected chi connectivity index (χ3v) is 6.22. The molecule has 2 aromatic rings. The molecule has 1 aliphatic carbocycles. The van der Waals surface area contributed by atoms with Crippen LogP contribution in [0.15, 0.2) is 59.5 Å². The van der Waals surface area contributed by atoms with E-state index in [1.165, 1.54) is 7.11 Å². The van der Waals surface area contributed by atoms with Crippen molar-refractivity contribution in [1.29, 1.82) is 0 Å². The van der Waals surface area contributed by atoms with Crippen LogP contribution < -0.4 is 4.72 Å². The standard InChI is InChI=1S/C19H21NO4S/c1-24-18(21)19(13-7-8-14-19)20-25(22,23)17-12-6-5-11-16(17)15-9-3-2-4-10-15/h2-6,9-12,20H,7-8,13-14H2,1H3. The van der Waals surface area contributed by atoms with Gasteiger partial charge in [-0.15, -0.1) is 0 Å². The number of rotatable bonds is 5. The highest BCUT2D eigenvalue weighted by atomic mass is 32.2. The van der Waals surface area contributed by atoms with Crippen LogP contribution >= 0.6 is 0 Å². The van der Waals surface area contributed by atoms with Gasteiger partial charge < -0.3 is 4.74 Å².